The zero-order chi connectivity index (χ0) is 29.9. The van der Waals surface area contributed by atoms with E-state index in [-0.39, 0.29) is 27.8 Å². The summed E-state index contributed by atoms with van der Waals surface area (Å²) in [5.74, 6) is 1.23. The average Bonchev–Trinajstić information content (AvgIpc) is 2.98. The molecule has 0 unspecified atom stereocenters. The third kappa shape index (κ3) is 6.65. The summed E-state index contributed by atoms with van der Waals surface area (Å²) < 4.78 is 33.5. The van der Waals surface area contributed by atoms with Gasteiger partial charge in [0.1, 0.15) is 21.8 Å². The van der Waals surface area contributed by atoms with Crippen molar-refractivity contribution in [3.05, 3.63) is 77.7 Å². The quantitative estimate of drug-likeness (QED) is 0.247. The maximum atomic E-state index is 12.9. The number of benzene rings is 2. The fourth-order valence-corrected chi connectivity index (χ4v) is 5.94. The Morgan fingerprint density at radius 1 is 1.02 bits per heavy atom. The minimum Gasteiger partial charge on any atom is -0.488 e. The van der Waals surface area contributed by atoms with E-state index in [0.29, 0.717) is 17.1 Å². The Labute approximate surface area is 251 Å². The molecule has 0 radical (unpaired) electrons. The standard InChI is InChI=1S/C30H34ClN7O3S/c1-20-17-26(27(41-22-11-15-38(4)16-12-22)18-23(20)21-9-13-32-14-10-21)35-30-33-19-24(31)29(36-30)34-25-7-5-6-8-28(25)42(39,40)37(2)3/h5-10,13-14,17-19,22H,11-12,15-16H2,1-4H3,(H2,33,34,35,36). The van der Waals surface area contributed by atoms with E-state index in [2.05, 4.69) is 37.5 Å². The lowest BCUT2D eigenvalue weighted by Crippen LogP contribution is -2.35. The molecule has 0 aliphatic carbocycles. The monoisotopic (exact) mass is 607 g/mol. The second-order valence-corrected chi connectivity index (χ2v) is 13.0. The number of rotatable bonds is 9. The van der Waals surface area contributed by atoms with Crippen molar-refractivity contribution < 1.29 is 13.2 Å². The summed E-state index contributed by atoms with van der Waals surface area (Å²) in [4.78, 5) is 15.5. The van der Waals surface area contributed by atoms with Crippen molar-refractivity contribution in [1.82, 2.24) is 24.2 Å². The number of halogens is 1. The molecule has 2 N–H and O–H groups in total. The van der Waals surface area contributed by atoms with Crippen molar-refractivity contribution in [2.45, 2.75) is 30.8 Å². The first-order chi connectivity index (χ1) is 20.1. The number of piperidine rings is 1. The predicted molar refractivity (Wildman–Crippen MR) is 166 cm³/mol. The number of likely N-dealkylation sites (tertiary alicyclic amines) is 1. The van der Waals surface area contributed by atoms with Gasteiger partial charge >= 0.3 is 0 Å². The smallest absolute Gasteiger partial charge is 0.244 e. The number of sulfonamides is 1. The van der Waals surface area contributed by atoms with Crippen LogP contribution in [0.1, 0.15) is 18.4 Å². The number of aryl methyl sites for hydroxylation is 1. The van der Waals surface area contributed by atoms with E-state index in [1.165, 1.54) is 26.4 Å². The number of pyridine rings is 1. The zero-order valence-electron chi connectivity index (χ0n) is 24.0. The van der Waals surface area contributed by atoms with Crippen LogP contribution in [0.25, 0.3) is 11.1 Å². The van der Waals surface area contributed by atoms with Gasteiger partial charge in [0.15, 0.2) is 5.82 Å². The highest BCUT2D eigenvalue weighted by Crippen LogP contribution is 2.37. The van der Waals surface area contributed by atoms with Crippen molar-refractivity contribution in [2.75, 3.05) is 44.9 Å². The SMILES string of the molecule is Cc1cc(Nc2ncc(Cl)c(Nc3ccccc3S(=O)(=O)N(C)C)n2)c(OC2CCN(C)CC2)cc1-c1ccncc1. The molecule has 0 spiro atoms. The summed E-state index contributed by atoms with van der Waals surface area (Å²) in [6.07, 6.45) is 6.95. The Morgan fingerprint density at radius 3 is 2.45 bits per heavy atom. The highest BCUT2D eigenvalue weighted by molar-refractivity contribution is 7.89. The Kier molecular flexibility index (Phi) is 8.93. The topological polar surface area (TPSA) is 113 Å². The van der Waals surface area contributed by atoms with Crippen LogP contribution in [0.5, 0.6) is 5.75 Å². The molecule has 1 aliphatic rings. The van der Waals surface area contributed by atoms with Crippen LogP contribution in [0.3, 0.4) is 0 Å². The Hall–Kier alpha value is -3.77. The van der Waals surface area contributed by atoms with Gasteiger partial charge in [0.25, 0.3) is 0 Å². The van der Waals surface area contributed by atoms with Crippen molar-refractivity contribution in [1.29, 1.82) is 0 Å². The molecule has 3 heterocycles. The summed E-state index contributed by atoms with van der Waals surface area (Å²) in [5, 5.41) is 6.64. The molecule has 2 aromatic heterocycles. The summed E-state index contributed by atoms with van der Waals surface area (Å²) in [5.41, 5.74) is 4.19. The third-order valence-electron chi connectivity index (χ3n) is 7.17. The van der Waals surface area contributed by atoms with Crippen LogP contribution >= 0.6 is 11.6 Å². The molecule has 0 amide bonds. The van der Waals surface area contributed by atoms with Gasteiger partial charge in [0.2, 0.25) is 16.0 Å². The van der Waals surface area contributed by atoms with Gasteiger partial charge in [-0.1, -0.05) is 23.7 Å². The van der Waals surface area contributed by atoms with E-state index < -0.39 is 10.0 Å². The Balaban J connectivity index is 1.48. The lowest BCUT2D eigenvalue weighted by Gasteiger charge is -2.30. The zero-order valence-corrected chi connectivity index (χ0v) is 25.6. The van der Waals surface area contributed by atoms with Crippen molar-refractivity contribution in [3.8, 4) is 16.9 Å². The second-order valence-electron chi connectivity index (χ2n) is 10.4. The first kappa shape index (κ1) is 29.7. The molecule has 2 aromatic carbocycles. The van der Waals surface area contributed by atoms with Gasteiger partial charge in [0.05, 0.1) is 17.6 Å². The maximum Gasteiger partial charge on any atom is 0.244 e. The normalized spacial score (nSPS) is 14.6. The first-order valence-electron chi connectivity index (χ1n) is 13.6. The minimum atomic E-state index is -3.71. The molecule has 10 nitrogen and oxygen atoms in total. The van der Waals surface area contributed by atoms with Gasteiger partial charge in [-0.3, -0.25) is 4.98 Å². The molecular formula is C30H34ClN7O3S. The molecule has 42 heavy (non-hydrogen) atoms. The minimum absolute atomic E-state index is 0.0771. The number of ether oxygens (including phenoxy) is 1. The predicted octanol–water partition coefficient (Wildman–Crippen LogP) is 5.71. The molecule has 12 heteroatoms. The second kappa shape index (κ2) is 12.6. The van der Waals surface area contributed by atoms with Gasteiger partial charge in [-0.25, -0.2) is 17.7 Å². The number of aromatic nitrogens is 3. The average molecular weight is 608 g/mol. The van der Waals surface area contributed by atoms with Crippen LogP contribution in [-0.4, -0.2) is 72.9 Å². The van der Waals surface area contributed by atoms with E-state index >= 15 is 0 Å². The van der Waals surface area contributed by atoms with Gasteiger partial charge in [-0.15, -0.1) is 0 Å². The van der Waals surface area contributed by atoms with E-state index in [0.717, 1.165) is 46.9 Å². The highest BCUT2D eigenvalue weighted by Gasteiger charge is 2.23. The molecule has 0 bridgehead atoms. The number of nitrogens with zero attached hydrogens (tertiary/aromatic N) is 5. The third-order valence-corrected chi connectivity index (χ3v) is 9.32. The maximum absolute atomic E-state index is 12.9. The molecule has 0 saturated carbocycles. The number of nitrogens with one attached hydrogen (secondary N) is 2. The van der Waals surface area contributed by atoms with Crippen LogP contribution < -0.4 is 15.4 Å². The number of hydrogen-bond donors (Lipinski definition) is 2. The fraction of sp³-hybridized carbons (Fsp3) is 0.300. The number of hydrogen-bond acceptors (Lipinski definition) is 9. The molecule has 4 aromatic rings. The fourth-order valence-electron chi connectivity index (χ4n) is 4.76. The van der Waals surface area contributed by atoms with E-state index in [1.807, 2.05) is 31.2 Å². The highest BCUT2D eigenvalue weighted by atomic mass is 35.5. The van der Waals surface area contributed by atoms with Crippen molar-refractivity contribution >= 4 is 44.8 Å². The van der Waals surface area contributed by atoms with Crippen molar-refractivity contribution in [3.63, 3.8) is 0 Å². The Morgan fingerprint density at radius 2 is 1.74 bits per heavy atom. The van der Waals surface area contributed by atoms with Crippen LogP contribution in [-0.2, 0) is 10.0 Å². The van der Waals surface area contributed by atoms with Gasteiger partial charge in [-0.05, 0) is 79.9 Å². The summed E-state index contributed by atoms with van der Waals surface area (Å²) in [6.45, 7) is 3.98. The molecule has 1 fully saturated rings. The molecule has 5 rings (SSSR count). The van der Waals surface area contributed by atoms with Crippen LogP contribution in [0.4, 0.5) is 23.1 Å². The molecule has 220 valence electrons. The first-order valence-corrected chi connectivity index (χ1v) is 15.4. The Bertz CT molecular complexity index is 1660. The van der Waals surface area contributed by atoms with E-state index in [4.69, 9.17) is 16.3 Å². The van der Waals surface area contributed by atoms with Gasteiger partial charge < -0.3 is 20.3 Å². The lowest BCUT2D eigenvalue weighted by molar-refractivity contribution is 0.115. The largest absolute Gasteiger partial charge is 0.488 e. The van der Waals surface area contributed by atoms with Crippen LogP contribution in [0.2, 0.25) is 5.02 Å². The van der Waals surface area contributed by atoms with Gasteiger partial charge in [0, 0.05) is 39.6 Å². The van der Waals surface area contributed by atoms with E-state index in [9.17, 15) is 8.42 Å². The molecule has 1 saturated heterocycles. The van der Waals surface area contributed by atoms with Crippen LogP contribution in [0, 0.1) is 6.92 Å². The summed E-state index contributed by atoms with van der Waals surface area (Å²) in [6, 6.07) is 14.6. The summed E-state index contributed by atoms with van der Waals surface area (Å²) >= 11 is 6.46. The van der Waals surface area contributed by atoms with Crippen molar-refractivity contribution in [2.24, 2.45) is 0 Å². The molecule has 1 aliphatic heterocycles. The molecular weight excluding hydrogens is 574 g/mol. The number of anilines is 4. The number of para-hydroxylation sites is 1. The van der Waals surface area contributed by atoms with E-state index in [1.54, 1.807) is 30.6 Å². The summed E-state index contributed by atoms with van der Waals surface area (Å²) in [7, 11) is 1.38. The lowest BCUT2D eigenvalue weighted by atomic mass is 10.00. The van der Waals surface area contributed by atoms with Crippen LogP contribution in [0.15, 0.2) is 72.0 Å². The molecule has 0 atom stereocenters. The van der Waals surface area contributed by atoms with Gasteiger partial charge in [-0.2, -0.15) is 4.98 Å².